The van der Waals surface area contributed by atoms with Crippen LogP contribution in [0.5, 0.6) is 0 Å². The van der Waals surface area contributed by atoms with Gasteiger partial charge in [0.1, 0.15) is 5.52 Å². The molecule has 2 aromatic rings. The fourth-order valence-corrected chi connectivity index (χ4v) is 4.33. The van der Waals surface area contributed by atoms with E-state index in [0.29, 0.717) is 18.7 Å². The molecule has 0 spiro atoms. The Labute approximate surface area is 172 Å². The number of piperidine rings is 1. The highest BCUT2D eigenvalue weighted by Gasteiger charge is 2.27. The molecule has 0 unspecified atom stereocenters. The predicted octanol–water partition coefficient (Wildman–Crippen LogP) is 2.66. The molecule has 4 heterocycles. The van der Waals surface area contributed by atoms with E-state index >= 15 is 0 Å². The number of hydrogen-bond acceptors (Lipinski definition) is 6. The summed E-state index contributed by atoms with van der Waals surface area (Å²) < 4.78 is 5.61. The van der Waals surface area contributed by atoms with Crippen LogP contribution in [0.1, 0.15) is 50.9 Å². The van der Waals surface area contributed by atoms with E-state index in [1.807, 2.05) is 6.20 Å². The smallest absolute Gasteiger partial charge is 0.224 e. The molecule has 0 aliphatic carbocycles. The number of nitrogens with one attached hydrogen (secondary N) is 1. The van der Waals surface area contributed by atoms with Crippen molar-refractivity contribution in [2.24, 2.45) is 5.92 Å². The Bertz CT molecular complexity index is 866. The summed E-state index contributed by atoms with van der Waals surface area (Å²) in [5.41, 5.74) is 4.63. The zero-order valence-electron chi connectivity index (χ0n) is 17.5. The van der Waals surface area contributed by atoms with Crippen molar-refractivity contribution in [2.45, 2.75) is 58.5 Å². The molecule has 4 rings (SSSR count). The highest BCUT2D eigenvalue weighted by atomic mass is 16.5. The van der Waals surface area contributed by atoms with E-state index < -0.39 is 0 Å². The van der Waals surface area contributed by atoms with E-state index in [1.165, 1.54) is 0 Å². The van der Waals surface area contributed by atoms with Crippen molar-refractivity contribution in [1.29, 1.82) is 0 Å². The third kappa shape index (κ3) is 4.50. The van der Waals surface area contributed by atoms with Crippen LogP contribution in [0.25, 0.3) is 11.2 Å². The maximum atomic E-state index is 12.7. The number of aromatic nitrogens is 3. The lowest BCUT2D eigenvalue weighted by molar-refractivity contribution is -0.125. The number of amides is 1. The van der Waals surface area contributed by atoms with Crippen molar-refractivity contribution >= 4 is 22.8 Å². The second-order valence-corrected chi connectivity index (χ2v) is 8.03. The molecule has 7 heteroatoms. The molecule has 2 aromatic heterocycles. The maximum absolute atomic E-state index is 12.7. The van der Waals surface area contributed by atoms with Crippen LogP contribution < -0.4 is 10.2 Å². The van der Waals surface area contributed by atoms with Gasteiger partial charge in [0.25, 0.3) is 0 Å². The number of nitrogens with zero attached hydrogens (tertiary/aromatic N) is 4. The molecule has 1 N–H and O–H groups in total. The van der Waals surface area contributed by atoms with Gasteiger partial charge in [0.2, 0.25) is 5.91 Å². The minimum absolute atomic E-state index is 0.000560. The highest BCUT2D eigenvalue weighted by Crippen LogP contribution is 2.25. The van der Waals surface area contributed by atoms with Gasteiger partial charge in [-0.05, 0) is 44.6 Å². The zero-order chi connectivity index (χ0) is 20.2. The number of pyridine rings is 1. The molecule has 0 saturated carbocycles. The monoisotopic (exact) mass is 397 g/mol. The van der Waals surface area contributed by atoms with Crippen LogP contribution in [-0.4, -0.2) is 53.2 Å². The molecule has 0 radical (unpaired) electrons. The molecule has 2 aliphatic heterocycles. The minimum Gasteiger partial charge on any atom is -0.376 e. The average Bonchev–Trinajstić information content (AvgIpc) is 3.29. The molecule has 2 saturated heterocycles. The fourth-order valence-electron chi connectivity index (χ4n) is 4.33. The second kappa shape index (κ2) is 9.03. The first-order chi connectivity index (χ1) is 14.2. The van der Waals surface area contributed by atoms with Gasteiger partial charge in [-0.1, -0.05) is 13.8 Å². The van der Waals surface area contributed by atoms with Crippen molar-refractivity contribution < 1.29 is 9.53 Å². The number of rotatable bonds is 6. The summed E-state index contributed by atoms with van der Waals surface area (Å²) in [5, 5.41) is 3.10. The highest BCUT2D eigenvalue weighted by molar-refractivity contribution is 5.80. The third-order valence-corrected chi connectivity index (χ3v) is 6.02. The lowest BCUT2D eigenvalue weighted by Crippen LogP contribution is -2.44. The first kappa shape index (κ1) is 20.0. The van der Waals surface area contributed by atoms with Crippen LogP contribution in [0.4, 0.5) is 5.69 Å². The molecule has 156 valence electrons. The SMILES string of the molecule is CCc1nc2cc(N3CCC[C@H](C(=O)NC[C@@H]4CCCO4)C3)cnc2nc1CC. The number of carbonyl (C=O) groups is 1. The lowest BCUT2D eigenvalue weighted by atomic mass is 9.96. The Morgan fingerprint density at radius 1 is 1.21 bits per heavy atom. The van der Waals surface area contributed by atoms with E-state index in [4.69, 9.17) is 9.72 Å². The second-order valence-electron chi connectivity index (χ2n) is 8.03. The number of aryl methyl sites for hydroxylation is 2. The Hall–Kier alpha value is -2.28. The summed E-state index contributed by atoms with van der Waals surface area (Å²) in [5.74, 6) is 0.139. The Morgan fingerprint density at radius 2 is 2.03 bits per heavy atom. The van der Waals surface area contributed by atoms with E-state index in [-0.39, 0.29) is 17.9 Å². The van der Waals surface area contributed by atoms with Gasteiger partial charge in [-0.2, -0.15) is 0 Å². The van der Waals surface area contributed by atoms with Gasteiger partial charge in [0.15, 0.2) is 5.65 Å². The summed E-state index contributed by atoms with van der Waals surface area (Å²) in [6.45, 7) is 7.30. The van der Waals surface area contributed by atoms with Crippen molar-refractivity contribution in [1.82, 2.24) is 20.3 Å². The predicted molar refractivity (Wildman–Crippen MR) is 113 cm³/mol. The van der Waals surface area contributed by atoms with Gasteiger partial charge in [0.05, 0.1) is 35.3 Å². The number of carbonyl (C=O) groups excluding carboxylic acids is 1. The molecule has 29 heavy (non-hydrogen) atoms. The first-order valence-corrected chi connectivity index (χ1v) is 11.0. The third-order valence-electron chi connectivity index (χ3n) is 6.02. The Morgan fingerprint density at radius 3 is 2.79 bits per heavy atom. The summed E-state index contributed by atoms with van der Waals surface area (Å²) in [4.78, 5) is 29.0. The van der Waals surface area contributed by atoms with Gasteiger partial charge in [-0.15, -0.1) is 0 Å². The fraction of sp³-hybridized carbons (Fsp3) is 0.636. The normalized spacial score (nSPS) is 22.2. The van der Waals surface area contributed by atoms with Gasteiger partial charge in [0, 0.05) is 26.2 Å². The zero-order valence-corrected chi connectivity index (χ0v) is 17.5. The van der Waals surface area contributed by atoms with Crippen LogP contribution in [0, 0.1) is 5.92 Å². The largest absolute Gasteiger partial charge is 0.376 e. The molecule has 2 fully saturated rings. The first-order valence-electron chi connectivity index (χ1n) is 11.0. The number of anilines is 1. The van der Waals surface area contributed by atoms with Crippen LogP contribution in [0.15, 0.2) is 12.3 Å². The number of hydrogen-bond donors (Lipinski definition) is 1. The van der Waals surface area contributed by atoms with Crippen LogP contribution in [0.3, 0.4) is 0 Å². The summed E-state index contributed by atoms with van der Waals surface area (Å²) in [6, 6.07) is 2.07. The van der Waals surface area contributed by atoms with Crippen molar-refractivity contribution in [3.8, 4) is 0 Å². The quantitative estimate of drug-likeness (QED) is 0.807. The molecular weight excluding hydrogens is 366 g/mol. The topological polar surface area (TPSA) is 80.2 Å². The molecule has 0 aromatic carbocycles. The van der Waals surface area contributed by atoms with Gasteiger partial charge < -0.3 is 15.0 Å². The molecule has 1 amide bonds. The van der Waals surface area contributed by atoms with Crippen LogP contribution in [0.2, 0.25) is 0 Å². The summed E-state index contributed by atoms with van der Waals surface area (Å²) in [7, 11) is 0. The van der Waals surface area contributed by atoms with Crippen LogP contribution >= 0.6 is 0 Å². The van der Waals surface area contributed by atoms with Gasteiger partial charge in [-0.25, -0.2) is 15.0 Å². The van der Waals surface area contributed by atoms with Crippen LogP contribution in [-0.2, 0) is 22.4 Å². The molecule has 2 aliphatic rings. The number of ether oxygens (including phenoxy) is 1. The number of fused-ring (bicyclic) bond motifs is 1. The maximum Gasteiger partial charge on any atom is 0.224 e. The van der Waals surface area contributed by atoms with Gasteiger partial charge >= 0.3 is 0 Å². The summed E-state index contributed by atoms with van der Waals surface area (Å²) >= 11 is 0. The summed E-state index contributed by atoms with van der Waals surface area (Å²) in [6.07, 6.45) is 7.84. The molecule has 7 nitrogen and oxygen atoms in total. The van der Waals surface area contributed by atoms with Crippen molar-refractivity contribution in [3.05, 3.63) is 23.7 Å². The van der Waals surface area contributed by atoms with E-state index in [1.54, 1.807) is 0 Å². The average molecular weight is 398 g/mol. The standard InChI is InChI=1S/C22H31N5O2/c1-3-18-19(4-2)26-21-20(25-18)11-16(12-23-21)27-9-5-7-15(14-27)22(28)24-13-17-8-6-10-29-17/h11-12,15,17H,3-10,13-14H2,1-2H3,(H,24,28)/t15-,17-/m0/s1. The van der Waals surface area contributed by atoms with E-state index in [9.17, 15) is 4.79 Å². The van der Waals surface area contributed by atoms with Crippen molar-refractivity contribution in [3.63, 3.8) is 0 Å². The minimum atomic E-state index is 0.000560. The lowest BCUT2D eigenvalue weighted by Gasteiger charge is -2.33. The van der Waals surface area contributed by atoms with E-state index in [0.717, 1.165) is 74.3 Å². The molecule has 0 bridgehead atoms. The Balaban J connectivity index is 1.45. The Kier molecular flexibility index (Phi) is 6.23. The van der Waals surface area contributed by atoms with Gasteiger partial charge in [-0.3, -0.25) is 4.79 Å². The molecular formula is C22H31N5O2. The van der Waals surface area contributed by atoms with Crippen molar-refractivity contribution in [2.75, 3.05) is 31.1 Å². The molecule has 2 atom stereocenters. The van der Waals surface area contributed by atoms with E-state index in [2.05, 4.69) is 40.1 Å².